The van der Waals surface area contributed by atoms with E-state index in [0.717, 1.165) is 10.6 Å². The molecule has 0 amide bonds. The second-order valence-electron chi connectivity index (χ2n) is 3.84. The SMILES string of the molecule is CC1(C)OCC(c2ccccc2Cl)O1. The number of ether oxygens (including phenoxy) is 2. The molecule has 0 spiro atoms. The molecule has 1 unspecified atom stereocenters. The van der Waals surface area contributed by atoms with Gasteiger partial charge >= 0.3 is 0 Å². The van der Waals surface area contributed by atoms with Crippen LogP contribution in [-0.4, -0.2) is 12.4 Å². The summed E-state index contributed by atoms with van der Waals surface area (Å²) in [5.41, 5.74) is 1.000. The van der Waals surface area contributed by atoms with E-state index in [0.29, 0.717) is 6.61 Å². The molecule has 1 atom stereocenters. The standard InChI is InChI=1S/C11H13ClO2/c1-11(2)13-7-10(14-11)8-5-3-4-6-9(8)12/h3-6,10H,7H2,1-2H3. The van der Waals surface area contributed by atoms with Crippen molar-refractivity contribution in [1.82, 2.24) is 0 Å². The average Bonchev–Trinajstić information content (AvgIpc) is 2.47. The monoisotopic (exact) mass is 212 g/mol. The highest BCUT2D eigenvalue weighted by molar-refractivity contribution is 6.31. The Bertz CT molecular complexity index is 336. The molecule has 0 aliphatic carbocycles. The second-order valence-corrected chi connectivity index (χ2v) is 4.25. The van der Waals surface area contributed by atoms with Crippen molar-refractivity contribution in [3.63, 3.8) is 0 Å². The molecule has 1 aliphatic rings. The minimum Gasteiger partial charge on any atom is -0.347 e. The van der Waals surface area contributed by atoms with Crippen LogP contribution in [0.25, 0.3) is 0 Å². The molecule has 1 aromatic rings. The van der Waals surface area contributed by atoms with Crippen molar-refractivity contribution >= 4 is 11.6 Å². The Balaban J connectivity index is 2.22. The third-order valence-corrected chi connectivity index (χ3v) is 2.60. The van der Waals surface area contributed by atoms with E-state index in [1.165, 1.54) is 0 Å². The summed E-state index contributed by atoms with van der Waals surface area (Å²) in [5, 5.41) is 0.735. The van der Waals surface area contributed by atoms with Crippen LogP contribution in [0.1, 0.15) is 25.5 Å². The summed E-state index contributed by atoms with van der Waals surface area (Å²) < 4.78 is 11.2. The van der Waals surface area contributed by atoms with Crippen LogP contribution < -0.4 is 0 Å². The molecule has 0 bridgehead atoms. The maximum Gasteiger partial charge on any atom is 0.163 e. The Kier molecular flexibility index (Phi) is 2.52. The van der Waals surface area contributed by atoms with Gasteiger partial charge in [-0.1, -0.05) is 29.8 Å². The summed E-state index contributed by atoms with van der Waals surface area (Å²) in [6.07, 6.45) is -0.0429. The van der Waals surface area contributed by atoms with Gasteiger partial charge < -0.3 is 9.47 Å². The molecule has 76 valence electrons. The van der Waals surface area contributed by atoms with Crippen LogP contribution in [-0.2, 0) is 9.47 Å². The molecule has 14 heavy (non-hydrogen) atoms. The van der Waals surface area contributed by atoms with Crippen molar-refractivity contribution in [3.8, 4) is 0 Å². The maximum absolute atomic E-state index is 6.06. The highest BCUT2D eigenvalue weighted by Crippen LogP contribution is 2.35. The van der Waals surface area contributed by atoms with Crippen molar-refractivity contribution in [2.75, 3.05) is 6.61 Å². The van der Waals surface area contributed by atoms with E-state index in [2.05, 4.69) is 0 Å². The first-order valence-electron chi connectivity index (χ1n) is 4.65. The van der Waals surface area contributed by atoms with Crippen molar-refractivity contribution in [2.24, 2.45) is 0 Å². The third-order valence-electron chi connectivity index (χ3n) is 2.26. The predicted octanol–water partition coefficient (Wildman–Crippen LogP) is 3.16. The van der Waals surface area contributed by atoms with E-state index < -0.39 is 5.79 Å². The zero-order chi connectivity index (χ0) is 10.2. The van der Waals surface area contributed by atoms with Crippen molar-refractivity contribution < 1.29 is 9.47 Å². The Morgan fingerprint density at radius 1 is 1.36 bits per heavy atom. The van der Waals surface area contributed by atoms with E-state index in [9.17, 15) is 0 Å². The van der Waals surface area contributed by atoms with E-state index in [-0.39, 0.29) is 6.10 Å². The lowest BCUT2D eigenvalue weighted by Gasteiger charge is -2.17. The zero-order valence-electron chi connectivity index (χ0n) is 8.29. The summed E-state index contributed by atoms with van der Waals surface area (Å²) in [6.45, 7) is 4.38. The molecule has 1 fully saturated rings. The molecule has 1 aromatic carbocycles. The summed E-state index contributed by atoms with van der Waals surface area (Å²) in [6, 6.07) is 7.70. The van der Waals surface area contributed by atoms with Gasteiger partial charge in [-0.25, -0.2) is 0 Å². The first kappa shape index (κ1) is 9.97. The van der Waals surface area contributed by atoms with Gasteiger partial charge in [0.15, 0.2) is 5.79 Å². The summed E-state index contributed by atoms with van der Waals surface area (Å²) in [4.78, 5) is 0. The van der Waals surface area contributed by atoms with Gasteiger partial charge in [-0.15, -0.1) is 0 Å². The first-order chi connectivity index (χ1) is 6.58. The summed E-state index contributed by atoms with van der Waals surface area (Å²) >= 11 is 6.06. The number of benzene rings is 1. The molecular weight excluding hydrogens is 200 g/mol. The molecule has 1 saturated heterocycles. The van der Waals surface area contributed by atoms with E-state index in [1.54, 1.807) is 0 Å². The normalized spacial score (nSPS) is 25.2. The van der Waals surface area contributed by atoms with Gasteiger partial charge in [-0.2, -0.15) is 0 Å². The number of rotatable bonds is 1. The molecule has 0 N–H and O–H groups in total. The fraction of sp³-hybridized carbons (Fsp3) is 0.455. The fourth-order valence-corrected chi connectivity index (χ4v) is 1.83. The van der Waals surface area contributed by atoms with Crippen LogP contribution in [0.2, 0.25) is 5.02 Å². The number of hydrogen-bond donors (Lipinski definition) is 0. The van der Waals surface area contributed by atoms with Gasteiger partial charge in [-0.05, 0) is 19.9 Å². The lowest BCUT2D eigenvalue weighted by atomic mass is 10.1. The predicted molar refractivity (Wildman–Crippen MR) is 55.3 cm³/mol. The third kappa shape index (κ3) is 1.92. The van der Waals surface area contributed by atoms with Gasteiger partial charge in [0.05, 0.1) is 6.61 Å². The van der Waals surface area contributed by atoms with Gasteiger partial charge in [-0.3, -0.25) is 0 Å². The topological polar surface area (TPSA) is 18.5 Å². The van der Waals surface area contributed by atoms with Crippen LogP contribution >= 0.6 is 11.6 Å². The zero-order valence-corrected chi connectivity index (χ0v) is 9.04. The fourth-order valence-electron chi connectivity index (χ4n) is 1.58. The molecule has 0 radical (unpaired) electrons. The molecule has 1 heterocycles. The molecule has 1 aliphatic heterocycles. The molecule has 0 aromatic heterocycles. The summed E-state index contributed by atoms with van der Waals surface area (Å²) in [7, 11) is 0. The molecule has 0 saturated carbocycles. The van der Waals surface area contributed by atoms with Crippen LogP contribution in [0.3, 0.4) is 0 Å². The van der Waals surface area contributed by atoms with Gasteiger partial charge in [0, 0.05) is 10.6 Å². The quantitative estimate of drug-likeness (QED) is 0.712. The van der Waals surface area contributed by atoms with Crippen molar-refractivity contribution in [3.05, 3.63) is 34.9 Å². The van der Waals surface area contributed by atoms with Crippen molar-refractivity contribution in [1.29, 1.82) is 0 Å². The van der Waals surface area contributed by atoms with E-state index >= 15 is 0 Å². The van der Waals surface area contributed by atoms with Crippen LogP contribution in [0.4, 0.5) is 0 Å². The van der Waals surface area contributed by atoms with Gasteiger partial charge in [0.2, 0.25) is 0 Å². The Hall–Kier alpha value is -0.570. The Morgan fingerprint density at radius 3 is 2.64 bits per heavy atom. The first-order valence-corrected chi connectivity index (χ1v) is 5.02. The minimum absolute atomic E-state index is 0.0429. The Morgan fingerprint density at radius 2 is 2.07 bits per heavy atom. The average molecular weight is 213 g/mol. The molecular formula is C11H13ClO2. The lowest BCUT2D eigenvalue weighted by Crippen LogP contribution is -2.19. The van der Waals surface area contributed by atoms with Crippen LogP contribution in [0, 0.1) is 0 Å². The minimum atomic E-state index is -0.496. The van der Waals surface area contributed by atoms with Crippen LogP contribution in [0.5, 0.6) is 0 Å². The lowest BCUT2D eigenvalue weighted by molar-refractivity contribution is -0.139. The van der Waals surface area contributed by atoms with Crippen molar-refractivity contribution in [2.45, 2.75) is 25.7 Å². The largest absolute Gasteiger partial charge is 0.347 e. The van der Waals surface area contributed by atoms with E-state index in [1.807, 2.05) is 38.1 Å². The molecule has 2 nitrogen and oxygen atoms in total. The Labute approximate surface area is 88.8 Å². The number of hydrogen-bond acceptors (Lipinski definition) is 2. The molecule has 3 heteroatoms. The van der Waals surface area contributed by atoms with E-state index in [4.69, 9.17) is 21.1 Å². The van der Waals surface area contributed by atoms with Gasteiger partial charge in [0.1, 0.15) is 6.10 Å². The van der Waals surface area contributed by atoms with Gasteiger partial charge in [0.25, 0.3) is 0 Å². The highest BCUT2D eigenvalue weighted by Gasteiger charge is 2.34. The smallest absolute Gasteiger partial charge is 0.163 e. The second kappa shape index (κ2) is 3.54. The molecule has 2 rings (SSSR count). The maximum atomic E-state index is 6.06. The highest BCUT2D eigenvalue weighted by atomic mass is 35.5. The van der Waals surface area contributed by atoms with Crippen LogP contribution in [0.15, 0.2) is 24.3 Å². The summed E-state index contributed by atoms with van der Waals surface area (Å²) in [5.74, 6) is -0.496. The number of halogens is 1.